The van der Waals surface area contributed by atoms with E-state index in [1.165, 1.54) is 0 Å². The number of carbonyl (C=O) groups is 1. The average Bonchev–Trinajstić information content (AvgIpc) is 2.00. The molecule has 0 unspecified atom stereocenters. The summed E-state index contributed by atoms with van der Waals surface area (Å²) in [4.78, 5) is 13.1. The molecule has 0 aliphatic heterocycles. The number of carbonyl (C=O) groups excluding carboxylic acids is 1. The molecule has 0 aromatic heterocycles. The van der Waals surface area contributed by atoms with Crippen molar-refractivity contribution < 1.29 is 4.79 Å². The molecule has 1 amide bonds. The van der Waals surface area contributed by atoms with Crippen LogP contribution in [0.2, 0.25) is 0 Å². The largest absolute Gasteiger partial charge is 0.355 e. The monoisotopic (exact) mass is 173 g/mol. The third-order valence-electron chi connectivity index (χ3n) is 1.48. The second-order valence-corrected chi connectivity index (χ2v) is 3.01. The maximum atomic E-state index is 11.0. The van der Waals surface area contributed by atoms with Gasteiger partial charge in [0.05, 0.1) is 0 Å². The van der Waals surface area contributed by atoms with E-state index < -0.39 is 0 Å². The number of likely N-dealkylation sites (N-methyl/N-ethyl adjacent to an activating group) is 1. The summed E-state index contributed by atoms with van der Waals surface area (Å²) in [5.41, 5.74) is 0. The molecule has 0 heterocycles. The predicted molar refractivity (Wildman–Crippen MR) is 50.1 cm³/mol. The number of rotatable bonds is 6. The Hall–Kier alpha value is -0.610. The maximum absolute atomic E-state index is 11.0. The molecular weight excluding hydrogens is 154 g/mol. The van der Waals surface area contributed by atoms with Crippen molar-refractivity contribution in [1.29, 1.82) is 0 Å². The van der Waals surface area contributed by atoms with Crippen molar-refractivity contribution in [1.82, 2.24) is 15.5 Å². The Morgan fingerprint density at radius 3 is 2.50 bits per heavy atom. The van der Waals surface area contributed by atoms with Gasteiger partial charge in [-0.15, -0.1) is 0 Å². The fourth-order valence-corrected chi connectivity index (χ4v) is 0.746. The van der Waals surface area contributed by atoms with Crippen molar-refractivity contribution in [3.8, 4) is 0 Å². The summed E-state index contributed by atoms with van der Waals surface area (Å²) in [7, 11) is 5.81. The van der Waals surface area contributed by atoms with Gasteiger partial charge in [0.15, 0.2) is 0 Å². The molecule has 0 atom stereocenters. The number of hydrogen-bond donors (Lipinski definition) is 2. The zero-order valence-electron chi connectivity index (χ0n) is 8.18. The van der Waals surface area contributed by atoms with Crippen LogP contribution in [-0.2, 0) is 4.79 Å². The second kappa shape index (κ2) is 7.06. The molecule has 0 aliphatic rings. The van der Waals surface area contributed by atoms with E-state index >= 15 is 0 Å². The smallest absolute Gasteiger partial charge is 0.221 e. The molecule has 0 saturated carbocycles. The van der Waals surface area contributed by atoms with Gasteiger partial charge in [-0.3, -0.25) is 4.79 Å². The zero-order valence-corrected chi connectivity index (χ0v) is 8.18. The molecule has 4 nitrogen and oxygen atoms in total. The Balaban J connectivity index is 3.20. The highest BCUT2D eigenvalue weighted by Gasteiger charge is 1.98. The average molecular weight is 173 g/mol. The SMILES string of the molecule is CNCCC(=O)NCCN(C)C. The first kappa shape index (κ1) is 11.4. The molecule has 0 radical (unpaired) electrons. The third-order valence-corrected chi connectivity index (χ3v) is 1.48. The molecule has 4 heteroatoms. The van der Waals surface area contributed by atoms with Crippen molar-refractivity contribution in [3.63, 3.8) is 0 Å². The van der Waals surface area contributed by atoms with E-state index in [1.807, 2.05) is 26.0 Å². The normalized spacial score (nSPS) is 10.3. The number of nitrogens with one attached hydrogen (secondary N) is 2. The summed E-state index contributed by atoms with van der Waals surface area (Å²) in [5, 5.41) is 5.75. The van der Waals surface area contributed by atoms with Crippen LogP contribution in [0.4, 0.5) is 0 Å². The van der Waals surface area contributed by atoms with Crippen LogP contribution in [0.3, 0.4) is 0 Å². The van der Waals surface area contributed by atoms with Crippen LogP contribution in [-0.4, -0.2) is 51.6 Å². The highest BCUT2D eigenvalue weighted by atomic mass is 16.1. The lowest BCUT2D eigenvalue weighted by Gasteiger charge is -2.09. The predicted octanol–water partition coefficient (Wildman–Crippen LogP) is -0.726. The molecule has 0 aromatic carbocycles. The van der Waals surface area contributed by atoms with Crippen molar-refractivity contribution >= 4 is 5.91 Å². The minimum absolute atomic E-state index is 0.117. The van der Waals surface area contributed by atoms with E-state index in [9.17, 15) is 4.79 Å². The van der Waals surface area contributed by atoms with Crippen molar-refractivity contribution in [3.05, 3.63) is 0 Å². The number of nitrogens with zero attached hydrogens (tertiary/aromatic N) is 1. The minimum atomic E-state index is 0.117. The molecule has 2 N–H and O–H groups in total. The van der Waals surface area contributed by atoms with Gasteiger partial charge in [-0.25, -0.2) is 0 Å². The van der Waals surface area contributed by atoms with Crippen LogP contribution in [0, 0.1) is 0 Å². The third kappa shape index (κ3) is 7.50. The first-order valence-electron chi connectivity index (χ1n) is 4.23. The molecule has 0 bridgehead atoms. The Morgan fingerprint density at radius 2 is 2.00 bits per heavy atom. The molecule has 0 aliphatic carbocycles. The van der Waals surface area contributed by atoms with E-state index in [-0.39, 0.29) is 5.91 Å². The summed E-state index contributed by atoms with van der Waals surface area (Å²) in [5.74, 6) is 0.117. The second-order valence-electron chi connectivity index (χ2n) is 3.01. The van der Waals surface area contributed by atoms with Crippen LogP contribution in [0.1, 0.15) is 6.42 Å². The van der Waals surface area contributed by atoms with Crippen LogP contribution in [0.25, 0.3) is 0 Å². The summed E-state index contributed by atoms with van der Waals surface area (Å²) >= 11 is 0. The van der Waals surface area contributed by atoms with Gasteiger partial charge in [-0.2, -0.15) is 0 Å². The first-order chi connectivity index (χ1) is 5.66. The lowest BCUT2D eigenvalue weighted by Crippen LogP contribution is -2.32. The molecule has 0 saturated heterocycles. The Labute approximate surface area is 74.3 Å². The Kier molecular flexibility index (Phi) is 6.70. The Morgan fingerprint density at radius 1 is 1.33 bits per heavy atom. The standard InChI is InChI=1S/C8H19N3O/c1-9-5-4-8(12)10-6-7-11(2)3/h9H,4-7H2,1-3H3,(H,10,12). The molecule has 0 rings (SSSR count). The summed E-state index contributed by atoms with van der Waals surface area (Å²) in [6.45, 7) is 2.37. The van der Waals surface area contributed by atoms with Crippen LogP contribution in [0.15, 0.2) is 0 Å². The molecule has 0 aromatic rings. The van der Waals surface area contributed by atoms with Gasteiger partial charge in [-0.1, -0.05) is 0 Å². The van der Waals surface area contributed by atoms with E-state index in [2.05, 4.69) is 10.6 Å². The summed E-state index contributed by atoms with van der Waals surface area (Å²) in [6, 6.07) is 0. The summed E-state index contributed by atoms with van der Waals surface area (Å²) < 4.78 is 0. The number of hydrogen-bond acceptors (Lipinski definition) is 3. The van der Waals surface area contributed by atoms with E-state index in [1.54, 1.807) is 0 Å². The first-order valence-corrected chi connectivity index (χ1v) is 4.23. The van der Waals surface area contributed by atoms with Crippen LogP contribution in [0.5, 0.6) is 0 Å². The fourth-order valence-electron chi connectivity index (χ4n) is 0.746. The van der Waals surface area contributed by atoms with Crippen LogP contribution < -0.4 is 10.6 Å². The molecular formula is C8H19N3O. The molecule has 72 valence electrons. The maximum Gasteiger partial charge on any atom is 0.221 e. The Bertz CT molecular complexity index is 125. The lowest BCUT2D eigenvalue weighted by molar-refractivity contribution is -0.121. The van der Waals surface area contributed by atoms with Gasteiger partial charge in [0.2, 0.25) is 5.91 Å². The van der Waals surface area contributed by atoms with Crippen molar-refractivity contribution in [2.75, 3.05) is 40.8 Å². The van der Waals surface area contributed by atoms with Crippen LogP contribution >= 0.6 is 0 Å². The lowest BCUT2D eigenvalue weighted by atomic mass is 10.4. The highest BCUT2D eigenvalue weighted by Crippen LogP contribution is 1.76. The van der Waals surface area contributed by atoms with E-state index in [0.29, 0.717) is 6.42 Å². The topological polar surface area (TPSA) is 44.4 Å². The van der Waals surface area contributed by atoms with Crippen molar-refractivity contribution in [2.24, 2.45) is 0 Å². The highest BCUT2D eigenvalue weighted by molar-refractivity contribution is 5.75. The molecule has 0 fully saturated rings. The van der Waals surface area contributed by atoms with Crippen molar-refractivity contribution in [2.45, 2.75) is 6.42 Å². The van der Waals surface area contributed by atoms with Gasteiger partial charge in [-0.05, 0) is 21.1 Å². The number of amides is 1. The van der Waals surface area contributed by atoms with Gasteiger partial charge < -0.3 is 15.5 Å². The van der Waals surface area contributed by atoms with Gasteiger partial charge in [0.1, 0.15) is 0 Å². The van der Waals surface area contributed by atoms with E-state index in [4.69, 9.17) is 0 Å². The molecule has 12 heavy (non-hydrogen) atoms. The minimum Gasteiger partial charge on any atom is -0.355 e. The van der Waals surface area contributed by atoms with Gasteiger partial charge in [0.25, 0.3) is 0 Å². The summed E-state index contributed by atoms with van der Waals surface area (Å²) in [6.07, 6.45) is 0.559. The van der Waals surface area contributed by atoms with Gasteiger partial charge in [0, 0.05) is 26.1 Å². The van der Waals surface area contributed by atoms with Gasteiger partial charge >= 0.3 is 0 Å². The fraction of sp³-hybridized carbons (Fsp3) is 0.875. The molecule has 0 spiro atoms. The van der Waals surface area contributed by atoms with E-state index in [0.717, 1.165) is 19.6 Å². The quantitative estimate of drug-likeness (QED) is 0.557. The zero-order chi connectivity index (χ0) is 9.40.